The highest BCUT2D eigenvalue weighted by Crippen LogP contribution is 2.36. The van der Waals surface area contributed by atoms with Gasteiger partial charge in [0.25, 0.3) is 0 Å². The molecule has 0 bridgehead atoms. The minimum Gasteiger partial charge on any atom is -0.399 e. The summed E-state index contributed by atoms with van der Waals surface area (Å²) in [6, 6.07) is 11.7. The molecule has 0 amide bonds. The summed E-state index contributed by atoms with van der Waals surface area (Å²) in [5.74, 6) is 0. The predicted molar refractivity (Wildman–Crippen MR) is 122 cm³/mol. The Morgan fingerprint density at radius 1 is 0.667 bits per heavy atom. The van der Waals surface area contributed by atoms with Crippen LogP contribution in [0.1, 0.15) is 27.7 Å². The molecular weight excluding hydrogens is 443 g/mol. The van der Waals surface area contributed by atoms with Crippen LogP contribution in [0.25, 0.3) is 22.1 Å². The molecule has 152 valence electrons. The molecule has 1 fully saturated rings. The summed E-state index contributed by atoms with van der Waals surface area (Å²) in [6.45, 7) is 8.20. The number of hydrogen-bond donors (Lipinski definition) is 0. The first-order valence-electron chi connectivity index (χ1n) is 9.68. The van der Waals surface area contributed by atoms with Gasteiger partial charge in [0.05, 0.1) is 33.3 Å². The van der Waals surface area contributed by atoms with E-state index >= 15 is 0 Å². The molecule has 5 rings (SSSR count). The summed E-state index contributed by atoms with van der Waals surface area (Å²) in [5.41, 5.74) is 3.91. The Bertz CT molecular complexity index is 1190. The lowest BCUT2D eigenvalue weighted by molar-refractivity contribution is 0.00578. The molecule has 0 aliphatic carbocycles. The summed E-state index contributed by atoms with van der Waals surface area (Å²) in [6.07, 6.45) is 6.76. The summed E-state index contributed by atoms with van der Waals surface area (Å²) in [7, 11) is -0.351. The molecule has 3 heterocycles. The molecular formula is C22H22BBrN4O2. The Hall–Kier alpha value is -2.42. The SMILES string of the molecule is Brc1ccc2nccnc2c1.CC1(C)OB(c2ccc3nccnc3c2)OC1(C)C. The Morgan fingerprint density at radius 2 is 1.13 bits per heavy atom. The third kappa shape index (κ3) is 4.21. The van der Waals surface area contributed by atoms with E-state index in [0.29, 0.717) is 0 Å². The topological polar surface area (TPSA) is 70.0 Å². The van der Waals surface area contributed by atoms with E-state index in [2.05, 4.69) is 35.9 Å². The molecule has 6 nitrogen and oxygen atoms in total. The zero-order valence-electron chi connectivity index (χ0n) is 17.3. The van der Waals surface area contributed by atoms with E-state index in [4.69, 9.17) is 9.31 Å². The van der Waals surface area contributed by atoms with Crippen LogP contribution in [0.3, 0.4) is 0 Å². The van der Waals surface area contributed by atoms with Crippen molar-refractivity contribution in [2.45, 2.75) is 38.9 Å². The van der Waals surface area contributed by atoms with Crippen molar-refractivity contribution < 1.29 is 9.31 Å². The normalized spacial score (nSPS) is 17.0. The number of rotatable bonds is 1. The number of benzene rings is 2. The average molecular weight is 465 g/mol. The molecule has 0 spiro atoms. The molecule has 4 aromatic rings. The zero-order chi connectivity index (χ0) is 21.4. The van der Waals surface area contributed by atoms with Crippen LogP contribution in [-0.2, 0) is 9.31 Å². The lowest BCUT2D eigenvalue weighted by atomic mass is 9.79. The van der Waals surface area contributed by atoms with E-state index in [-0.39, 0.29) is 18.3 Å². The van der Waals surface area contributed by atoms with Gasteiger partial charge in [0.1, 0.15) is 0 Å². The monoisotopic (exact) mass is 464 g/mol. The van der Waals surface area contributed by atoms with Crippen LogP contribution >= 0.6 is 15.9 Å². The maximum absolute atomic E-state index is 6.03. The minimum atomic E-state index is -0.351. The van der Waals surface area contributed by atoms with Crippen molar-refractivity contribution in [1.82, 2.24) is 19.9 Å². The molecule has 0 unspecified atom stereocenters. The molecule has 0 radical (unpaired) electrons. The molecule has 0 atom stereocenters. The summed E-state index contributed by atoms with van der Waals surface area (Å²) in [5, 5.41) is 0. The smallest absolute Gasteiger partial charge is 0.399 e. The van der Waals surface area contributed by atoms with Gasteiger partial charge >= 0.3 is 7.12 Å². The summed E-state index contributed by atoms with van der Waals surface area (Å²) >= 11 is 3.36. The van der Waals surface area contributed by atoms with Gasteiger partial charge < -0.3 is 9.31 Å². The van der Waals surface area contributed by atoms with Gasteiger partial charge in [0.15, 0.2) is 0 Å². The van der Waals surface area contributed by atoms with Crippen LogP contribution in [0.5, 0.6) is 0 Å². The average Bonchev–Trinajstić information content (AvgIpc) is 2.95. The first-order chi connectivity index (χ1) is 14.2. The lowest BCUT2D eigenvalue weighted by Gasteiger charge is -2.32. The highest BCUT2D eigenvalue weighted by atomic mass is 79.9. The second-order valence-corrected chi connectivity index (χ2v) is 9.00. The molecule has 1 aliphatic rings. The van der Waals surface area contributed by atoms with Gasteiger partial charge in [-0.25, -0.2) is 0 Å². The largest absolute Gasteiger partial charge is 0.494 e. The number of fused-ring (bicyclic) bond motifs is 2. The number of nitrogens with zero attached hydrogens (tertiary/aromatic N) is 4. The number of aromatic nitrogens is 4. The van der Waals surface area contributed by atoms with Crippen LogP contribution in [0.2, 0.25) is 0 Å². The standard InChI is InChI=1S/C14H17BN2O2.C8H5BrN2/c1-13(2)14(3,4)19-15(18-13)10-5-6-11-12(9-10)17-8-7-16-11;9-6-1-2-7-8(5-6)11-4-3-10-7/h5-9H,1-4H3;1-5H. The van der Waals surface area contributed by atoms with Crippen LogP contribution in [0.4, 0.5) is 0 Å². The Labute approximate surface area is 184 Å². The third-order valence-corrected chi connectivity index (χ3v) is 5.94. The van der Waals surface area contributed by atoms with E-state index < -0.39 is 0 Å². The van der Waals surface area contributed by atoms with E-state index in [0.717, 1.165) is 32.0 Å². The van der Waals surface area contributed by atoms with Crippen molar-refractivity contribution in [3.05, 3.63) is 65.7 Å². The van der Waals surface area contributed by atoms with Crippen molar-refractivity contribution in [1.29, 1.82) is 0 Å². The summed E-state index contributed by atoms with van der Waals surface area (Å²) < 4.78 is 13.1. The van der Waals surface area contributed by atoms with Gasteiger partial charge in [0, 0.05) is 29.3 Å². The van der Waals surface area contributed by atoms with E-state index in [1.807, 2.05) is 64.1 Å². The van der Waals surface area contributed by atoms with Gasteiger partial charge in [0.2, 0.25) is 0 Å². The molecule has 8 heteroatoms. The van der Waals surface area contributed by atoms with Gasteiger partial charge in [-0.3, -0.25) is 19.9 Å². The molecule has 2 aromatic carbocycles. The molecule has 30 heavy (non-hydrogen) atoms. The molecule has 1 aliphatic heterocycles. The molecule has 0 N–H and O–H groups in total. The van der Waals surface area contributed by atoms with Crippen molar-refractivity contribution in [2.75, 3.05) is 0 Å². The highest BCUT2D eigenvalue weighted by molar-refractivity contribution is 9.10. The van der Waals surface area contributed by atoms with Crippen LogP contribution in [0, 0.1) is 0 Å². The fraction of sp³-hybridized carbons (Fsp3) is 0.273. The first-order valence-corrected chi connectivity index (χ1v) is 10.5. The number of hydrogen-bond acceptors (Lipinski definition) is 6. The van der Waals surface area contributed by atoms with E-state index in [1.165, 1.54) is 0 Å². The quantitative estimate of drug-likeness (QED) is 0.390. The fourth-order valence-corrected chi connectivity index (χ4v) is 3.39. The molecule has 2 aromatic heterocycles. The van der Waals surface area contributed by atoms with Gasteiger partial charge in [-0.1, -0.05) is 22.0 Å². The maximum Gasteiger partial charge on any atom is 0.494 e. The van der Waals surface area contributed by atoms with E-state index in [1.54, 1.807) is 24.8 Å². The van der Waals surface area contributed by atoms with Crippen molar-refractivity contribution in [3.8, 4) is 0 Å². The van der Waals surface area contributed by atoms with Crippen molar-refractivity contribution in [2.24, 2.45) is 0 Å². The lowest BCUT2D eigenvalue weighted by Crippen LogP contribution is -2.41. The molecule has 1 saturated heterocycles. The van der Waals surface area contributed by atoms with Crippen LogP contribution < -0.4 is 5.46 Å². The summed E-state index contributed by atoms with van der Waals surface area (Å²) in [4.78, 5) is 16.9. The van der Waals surface area contributed by atoms with Crippen LogP contribution in [0.15, 0.2) is 65.7 Å². The third-order valence-electron chi connectivity index (χ3n) is 5.45. The predicted octanol–water partition coefficient (Wildman–Crippen LogP) is 4.32. The maximum atomic E-state index is 6.03. The van der Waals surface area contributed by atoms with Gasteiger partial charge in [-0.05, 0) is 63.5 Å². The Morgan fingerprint density at radius 3 is 1.70 bits per heavy atom. The fourth-order valence-electron chi connectivity index (χ4n) is 3.04. The van der Waals surface area contributed by atoms with Crippen molar-refractivity contribution >= 4 is 50.6 Å². The highest BCUT2D eigenvalue weighted by Gasteiger charge is 2.51. The Balaban J connectivity index is 0.000000168. The van der Waals surface area contributed by atoms with Gasteiger partial charge in [-0.15, -0.1) is 0 Å². The van der Waals surface area contributed by atoms with Gasteiger partial charge in [-0.2, -0.15) is 0 Å². The molecule has 0 saturated carbocycles. The zero-order valence-corrected chi connectivity index (χ0v) is 18.9. The second-order valence-electron chi connectivity index (χ2n) is 8.08. The first kappa shape index (κ1) is 20.8. The van der Waals surface area contributed by atoms with Crippen molar-refractivity contribution in [3.63, 3.8) is 0 Å². The second kappa shape index (κ2) is 8.02. The Kier molecular flexibility index (Phi) is 5.57. The number of halogens is 1. The minimum absolute atomic E-state index is 0.324. The van der Waals surface area contributed by atoms with E-state index in [9.17, 15) is 0 Å². The van der Waals surface area contributed by atoms with Crippen LogP contribution in [-0.4, -0.2) is 38.3 Å².